The van der Waals surface area contributed by atoms with E-state index < -0.39 is 0 Å². The van der Waals surface area contributed by atoms with Gasteiger partial charge in [-0.1, -0.05) is 35.0 Å². The maximum atomic E-state index is 4.05. The molecule has 0 spiro atoms. The van der Waals surface area contributed by atoms with Crippen LogP contribution >= 0.6 is 0 Å². The summed E-state index contributed by atoms with van der Waals surface area (Å²) in [5.41, 5.74) is 2.45. The normalized spacial score (nSPS) is 12.6. The molecule has 0 aliphatic heterocycles. The van der Waals surface area contributed by atoms with Crippen LogP contribution in [0.2, 0.25) is 0 Å². The minimum atomic E-state index is 0.143. The molecule has 0 amide bonds. The highest BCUT2D eigenvalue weighted by atomic mass is 15.5. The van der Waals surface area contributed by atoms with Gasteiger partial charge in [-0.2, -0.15) is 5.21 Å². The molecular formula is C11H15N5. The molecule has 1 atom stereocenters. The van der Waals surface area contributed by atoms with Gasteiger partial charge in [-0.3, -0.25) is 0 Å². The maximum absolute atomic E-state index is 4.05. The summed E-state index contributed by atoms with van der Waals surface area (Å²) in [6.07, 6.45) is 0. The highest BCUT2D eigenvalue weighted by Crippen LogP contribution is 2.20. The Morgan fingerprint density at radius 2 is 2.06 bits per heavy atom. The number of likely N-dealkylation sites (N-methyl/N-ethyl adjacent to an activating group) is 1. The molecule has 1 unspecified atom stereocenters. The van der Waals surface area contributed by atoms with Crippen LogP contribution in [0.25, 0.3) is 0 Å². The van der Waals surface area contributed by atoms with Crippen LogP contribution in [0.3, 0.4) is 0 Å². The molecule has 0 aliphatic carbocycles. The molecule has 2 N–H and O–H groups in total. The van der Waals surface area contributed by atoms with Crippen molar-refractivity contribution >= 4 is 0 Å². The van der Waals surface area contributed by atoms with Gasteiger partial charge in [0.05, 0.1) is 5.92 Å². The zero-order valence-electron chi connectivity index (χ0n) is 9.44. The Morgan fingerprint density at radius 1 is 1.31 bits per heavy atom. The first-order valence-electron chi connectivity index (χ1n) is 5.25. The standard InChI is InChI=1S/C11H15N5/c1-8-3-5-9(6-4-8)10(7-12-2)11-13-15-16-14-11/h3-6,10,12H,7H2,1-2H3,(H,13,14,15,16). The van der Waals surface area contributed by atoms with Crippen molar-refractivity contribution in [1.29, 1.82) is 0 Å². The molecular weight excluding hydrogens is 202 g/mol. The molecule has 2 aromatic rings. The second-order valence-corrected chi connectivity index (χ2v) is 3.79. The van der Waals surface area contributed by atoms with Gasteiger partial charge >= 0.3 is 0 Å². The second-order valence-electron chi connectivity index (χ2n) is 3.79. The van der Waals surface area contributed by atoms with Gasteiger partial charge in [0.1, 0.15) is 0 Å². The maximum Gasteiger partial charge on any atom is 0.183 e. The Hall–Kier alpha value is -1.75. The number of tetrazole rings is 1. The smallest absolute Gasteiger partial charge is 0.183 e. The van der Waals surface area contributed by atoms with Crippen LogP contribution in [0.4, 0.5) is 0 Å². The number of aryl methyl sites for hydroxylation is 1. The third kappa shape index (κ3) is 2.25. The molecule has 5 nitrogen and oxygen atoms in total. The number of H-pyrrole nitrogens is 1. The van der Waals surface area contributed by atoms with Gasteiger partial charge in [-0.05, 0) is 19.5 Å². The van der Waals surface area contributed by atoms with E-state index in [1.165, 1.54) is 11.1 Å². The first kappa shape index (κ1) is 10.8. The molecule has 1 aromatic heterocycles. The predicted octanol–water partition coefficient (Wildman–Crippen LogP) is 0.859. The van der Waals surface area contributed by atoms with E-state index >= 15 is 0 Å². The summed E-state index contributed by atoms with van der Waals surface area (Å²) in [4.78, 5) is 0. The highest BCUT2D eigenvalue weighted by molar-refractivity contribution is 5.28. The van der Waals surface area contributed by atoms with Gasteiger partial charge in [0.2, 0.25) is 0 Å². The third-order valence-corrected chi connectivity index (χ3v) is 2.56. The summed E-state index contributed by atoms with van der Waals surface area (Å²) in [6, 6.07) is 8.40. The molecule has 1 aromatic carbocycles. The van der Waals surface area contributed by atoms with Crippen LogP contribution < -0.4 is 5.32 Å². The molecule has 5 heteroatoms. The lowest BCUT2D eigenvalue weighted by Crippen LogP contribution is -2.19. The minimum absolute atomic E-state index is 0.143. The number of benzene rings is 1. The Bertz CT molecular complexity index is 420. The molecule has 0 saturated heterocycles. The largest absolute Gasteiger partial charge is 0.319 e. The molecule has 0 radical (unpaired) electrons. The van der Waals surface area contributed by atoms with Crippen LogP contribution in [0.15, 0.2) is 24.3 Å². The van der Waals surface area contributed by atoms with Crippen molar-refractivity contribution in [2.24, 2.45) is 0 Å². The first-order chi connectivity index (χ1) is 7.81. The average Bonchev–Trinajstić information content (AvgIpc) is 2.81. The number of hydrogen-bond acceptors (Lipinski definition) is 4. The monoisotopic (exact) mass is 217 g/mol. The van der Waals surface area contributed by atoms with Gasteiger partial charge in [0.15, 0.2) is 5.82 Å². The SMILES string of the molecule is CNCC(c1ccc(C)cc1)c1nn[nH]n1. The summed E-state index contributed by atoms with van der Waals surface area (Å²) in [6.45, 7) is 2.87. The van der Waals surface area contributed by atoms with E-state index in [4.69, 9.17) is 0 Å². The lowest BCUT2D eigenvalue weighted by molar-refractivity contribution is 0.672. The van der Waals surface area contributed by atoms with Crippen LogP contribution in [-0.4, -0.2) is 34.2 Å². The van der Waals surface area contributed by atoms with Gasteiger partial charge in [0.25, 0.3) is 0 Å². The minimum Gasteiger partial charge on any atom is -0.319 e. The van der Waals surface area contributed by atoms with Crippen LogP contribution in [-0.2, 0) is 0 Å². The van der Waals surface area contributed by atoms with Gasteiger partial charge < -0.3 is 5.32 Å². The quantitative estimate of drug-likeness (QED) is 0.797. The van der Waals surface area contributed by atoms with Gasteiger partial charge in [0, 0.05) is 6.54 Å². The topological polar surface area (TPSA) is 66.5 Å². The van der Waals surface area contributed by atoms with Crippen molar-refractivity contribution < 1.29 is 0 Å². The predicted molar refractivity (Wildman–Crippen MR) is 61.1 cm³/mol. The summed E-state index contributed by atoms with van der Waals surface area (Å²) < 4.78 is 0. The number of aromatic nitrogens is 4. The molecule has 1 heterocycles. The zero-order chi connectivity index (χ0) is 11.4. The second kappa shape index (κ2) is 4.85. The first-order valence-corrected chi connectivity index (χ1v) is 5.25. The molecule has 2 rings (SSSR count). The Balaban J connectivity index is 2.29. The molecule has 16 heavy (non-hydrogen) atoms. The Kier molecular flexibility index (Phi) is 3.26. The van der Waals surface area contributed by atoms with E-state index in [1.807, 2.05) is 7.05 Å². The highest BCUT2D eigenvalue weighted by Gasteiger charge is 2.17. The number of hydrogen-bond donors (Lipinski definition) is 2. The van der Waals surface area contributed by atoms with E-state index in [0.717, 1.165) is 12.4 Å². The van der Waals surface area contributed by atoms with E-state index in [-0.39, 0.29) is 5.92 Å². The molecule has 84 valence electrons. The lowest BCUT2D eigenvalue weighted by atomic mass is 9.97. The zero-order valence-corrected chi connectivity index (χ0v) is 9.44. The molecule has 0 saturated carbocycles. The van der Waals surface area contributed by atoms with E-state index in [2.05, 4.69) is 57.1 Å². The van der Waals surface area contributed by atoms with Crippen LogP contribution in [0, 0.1) is 6.92 Å². The summed E-state index contributed by atoms with van der Waals surface area (Å²) in [5, 5.41) is 17.3. The van der Waals surface area contributed by atoms with Crippen molar-refractivity contribution in [2.75, 3.05) is 13.6 Å². The molecule has 0 aliphatic rings. The van der Waals surface area contributed by atoms with Gasteiger partial charge in [-0.25, -0.2) is 0 Å². The summed E-state index contributed by atoms with van der Waals surface area (Å²) in [5.74, 6) is 0.863. The Morgan fingerprint density at radius 3 is 2.62 bits per heavy atom. The van der Waals surface area contributed by atoms with E-state index in [0.29, 0.717) is 0 Å². The van der Waals surface area contributed by atoms with Crippen molar-refractivity contribution in [3.63, 3.8) is 0 Å². The Labute approximate surface area is 94.3 Å². The number of nitrogens with zero attached hydrogens (tertiary/aromatic N) is 3. The average molecular weight is 217 g/mol. The van der Waals surface area contributed by atoms with Crippen molar-refractivity contribution in [2.45, 2.75) is 12.8 Å². The summed E-state index contributed by atoms with van der Waals surface area (Å²) >= 11 is 0. The van der Waals surface area contributed by atoms with Crippen LogP contribution in [0.1, 0.15) is 22.9 Å². The number of aromatic amines is 1. The van der Waals surface area contributed by atoms with Crippen LogP contribution in [0.5, 0.6) is 0 Å². The van der Waals surface area contributed by atoms with Gasteiger partial charge in [-0.15, -0.1) is 10.2 Å². The number of rotatable bonds is 4. The van der Waals surface area contributed by atoms with Crippen molar-refractivity contribution in [3.8, 4) is 0 Å². The van der Waals surface area contributed by atoms with Crippen molar-refractivity contribution in [3.05, 3.63) is 41.2 Å². The van der Waals surface area contributed by atoms with E-state index in [1.54, 1.807) is 0 Å². The fourth-order valence-corrected chi connectivity index (χ4v) is 1.68. The van der Waals surface area contributed by atoms with E-state index in [9.17, 15) is 0 Å². The summed E-state index contributed by atoms with van der Waals surface area (Å²) in [7, 11) is 1.92. The number of nitrogens with one attached hydrogen (secondary N) is 2. The third-order valence-electron chi connectivity index (χ3n) is 2.56. The van der Waals surface area contributed by atoms with Crippen molar-refractivity contribution in [1.82, 2.24) is 25.9 Å². The molecule has 0 fully saturated rings. The molecule has 0 bridgehead atoms. The fraction of sp³-hybridized carbons (Fsp3) is 0.364. The fourth-order valence-electron chi connectivity index (χ4n) is 1.68. The lowest BCUT2D eigenvalue weighted by Gasteiger charge is -2.13.